The molecule has 0 radical (unpaired) electrons. The molecule has 0 spiro atoms. The smallest absolute Gasteiger partial charge is 0.258 e. The van der Waals surface area contributed by atoms with Crippen LogP contribution >= 0.6 is 0 Å². The second-order valence-electron chi connectivity index (χ2n) is 4.70. The Kier molecular flexibility index (Phi) is 4.56. The van der Waals surface area contributed by atoms with Gasteiger partial charge in [0.1, 0.15) is 17.4 Å². The van der Waals surface area contributed by atoms with Crippen LogP contribution in [-0.4, -0.2) is 43.0 Å². The molecule has 1 atom stereocenters. The van der Waals surface area contributed by atoms with Gasteiger partial charge in [0.15, 0.2) is 6.61 Å². The van der Waals surface area contributed by atoms with E-state index in [1.807, 2.05) is 6.07 Å². The number of hydrogen-bond acceptors (Lipinski definition) is 5. The van der Waals surface area contributed by atoms with E-state index in [2.05, 4.69) is 5.32 Å². The first-order chi connectivity index (χ1) is 9.63. The van der Waals surface area contributed by atoms with Crippen molar-refractivity contribution in [3.05, 3.63) is 29.8 Å². The van der Waals surface area contributed by atoms with Crippen molar-refractivity contribution in [1.29, 1.82) is 5.26 Å². The van der Waals surface area contributed by atoms with Crippen LogP contribution in [0.2, 0.25) is 0 Å². The van der Waals surface area contributed by atoms with Gasteiger partial charge >= 0.3 is 0 Å². The Bertz CT molecular complexity index is 518. The minimum Gasteiger partial charge on any atom is -0.482 e. The number of ether oxygens (including phenoxy) is 2. The molecule has 1 unspecified atom stereocenters. The van der Waals surface area contributed by atoms with Gasteiger partial charge in [-0.1, -0.05) is 12.1 Å². The van der Waals surface area contributed by atoms with Crippen molar-refractivity contribution in [2.24, 2.45) is 0 Å². The lowest BCUT2D eigenvalue weighted by atomic mass is 10.0. The van der Waals surface area contributed by atoms with Gasteiger partial charge in [-0.2, -0.15) is 5.26 Å². The molecule has 2 N–H and O–H groups in total. The molecule has 1 amide bonds. The van der Waals surface area contributed by atoms with Crippen LogP contribution in [0.5, 0.6) is 5.75 Å². The van der Waals surface area contributed by atoms with Gasteiger partial charge in [-0.3, -0.25) is 4.79 Å². The fraction of sp³-hybridized carbons (Fsp3) is 0.429. The number of rotatable bonds is 5. The van der Waals surface area contributed by atoms with Crippen molar-refractivity contribution in [2.45, 2.75) is 12.0 Å². The highest BCUT2D eigenvalue weighted by molar-refractivity contribution is 5.77. The topological polar surface area (TPSA) is 91.6 Å². The van der Waals surface area contributed by atoms with Gasteiger partial charge in [0, 0.05) is 19.6 Å². The summed E-state index contributed by atoms with van der Waals surface area (Å²) in [5.74, 6) is 0.0196. The highest BCUT2D eigenvalue weighted by Gasteiger charge is 2.32. The molecule has 1 aromatic carbocycles. The third-order valence-corrected chi connectivity index (χ3v) is 3.06. The van der Waals surface area contributed by atoms with Crippen molar-refractivity contribution in [3.63, 3.8) is 0 Å². The van der Waals surface area contributed by atoms with Crippen LogP contribution in [0, 0.1) is 11.3 Å². The second-order valence-corrected chi connectivity index (χ2v) is 4.70. The van der Waals surface area contributed by atoms with Crippen molar-refractivity contribution >= 4 is 5.91 Å². The van der Waals surface area contributed by atoms with E-state index in [4.69, 9.17) is 14.7 Å². The van der Waals surface area contributed by atoms with Gasteiger partial charge in [0.2, 0.25) is 0 Å². The predicted molar refractivity (Wildman–Crippen MR) is 70.0 cm³/mol. The van der Waals surface area contributed by atoms with Crippen LogP contribution in [-0.2, 0) is 9.53 Å². The number of benzene rings is 1. The third kappa shape index (κ3) is 3.70. The van der Waals surface area contributed by atoms with E-state index < -0.39 is 5.60 Å². The summed E-state index contributed by atoms with van der Waals surface area (Å²) in [6.45, 7) is 0.661. The Labute approximate surface area is 116 Å². The average Bonchev–Trinajstić information content (AvgIpc) is 2.90. The summed E-state index contributed by atoms with van der Waals surface area (Å²) >= 11 is 0. The fourth-order valence-corrected chi connectivity index (χ4v) is 1.88. The minimum atomic E-state index is -0.986. The Morgan fingerprint density at radius 1 is 1.55 bits per heavy atom. The lowest BCUT2D eigenvalue weighted by Crippen LogP contribution is -2.44. The molecule has 0 aromatic heterocycles. The molecule has 2 rings (SSSR count). The zero-order valence-electron chi connectivity index (χ0n) is 11.0. The van der Waals surface area contributed by atoms with Gasteiger partial charge in [-0.25, -0.2) is 0 Å². The summed E-state index contributed by atoms with van der Waals surface area (Å²) in [5, 5.41) is 21.5. The van der Waals surface area contributed by atoms with E-state index in [9.17, 15) is 9.90 Å². The molecule has 0 saturated carbocycles. The van der Waals surface area contributed by atoms with E-state index in [0.29, 0.717) is 24.3 Å². The van der Waals surface area contributed by atoms with Crippen molar-refractivity contribution in [1.82, 2.24) is 5.32 Å². The number of carbonyl (C=O) groups excluding carboxylic acids is 1. The van der Waals surface area contributed by atoms with Crippen LogP contribution in [0.3, 0.4) is 0 Å². The molecule has 1 aromatic rings. The highest BCUT2D eigenvalue weighted by atomic mass is 16.5. The number of nitrogens with zero attached hydrogens (tertiary/aromatic N) is 1. The molecule has 1 aliphatic rings. The maximum atomic E-state index is 11.6. The Hall–Kier alpha value is -2.10. The number of amides is 1. The number of aliphatic hydroxyl groups is 1. The monoisotopic (exact) mass is 276 g/mol. The summed E-state index contributed by atoms with van der Waals surface area (Å²) in [7, 11) is 0. The molecule has 0 bridgehead atoms. The van der Waals surface area contributed by atoms with Crippen molar-refractivity contribution in [2.75, 3.05) is 26.4 Å². The van der Waals surface area contributed by atoms with Crippen LogP contribution in [0.1, 0.15) is 12.0 Å². The predicted octanol–water partition coefficient (Wildman–Crippen LogP) is 0.205. The normalized spacial score (nSPS) is 21.2. The maximum absolute atomic E-state index is 11.6. The molecular formula is C14H16N2O4. The molecule has 1 heterocycles. The van der Waals surface area contributed by atoms with E-state index in [1.165, 1.54) is 0 Å². The van der Waals surface area contributed by atoms with Crippen LogP contribution in [0.4, 0.5) is 0 Å². The summed E-state index contributed by atoms with van der Waals surface area (Å²) in [6.07, 6.45) is 0.505. The Morgan fingerprint density at radius 3 is 3.05 bits per heavy atom. The summed E-state index contributed by atoms with van der Waals surface area (Å²) in [5.41, 5.74) is -0.608. The Balaban J connectivity index is 1.79. The molecule has 1 aliphatic heterocycles. The molecular weight excluding hydrogens is 260 g/mol. The molecule has 6 heteroatoms. The highest BCUT2D eigenvalue weighted by Crippen LogP contribution is 2.17. The minimum absolute atomic E-state index is 0.134. The van der Waals surface area contributed by atoms with Crippen LogP contribution in [0.25, 0.3) is 0 Å². The maximum Gasteiger partial charge on any atom is 0.258 e. The zero-order chi connectivity index (χ0) is 14.4. The summed E-state index contributed by atoms with van der Waals surface area (Å²) < 4.78 is 10.4. The van der Waals surface area contributed by atoms with Crippen LogP contribution in [0.15, 0.2) is 24.3 Å². The van der Waals surface area contributed by atoms with Crippen molar-refractivity contribution in [3.8, 4) is 11.8 Å². The largest absolute Gasteiger partial charge is 0.482 e. The summed E-state index contributed by atoms with van der Waals surface area (Å²) in [4.78, 5) is 11.6. The number of nitrogens with one attached hydrogen (secondary N) is 1. The summed E-state index contributed by atoms with van der Waals surface area (Å²) in [6, 6.07) is 8.69. The lowest BCUT2D eigenvalue weighted by Gasteiger charge is -2.20. The van der Waals surface area contributed by atoms with Crippen molar-refractivity contribution < 1.29 is 19.4 Å². The first-order valence-corrected chi connectivity index (χ1v) is 6.32. The number of para-hydroxylation sites is 1. The molecule has 1 saturated heterocycles. The number of carbonyl (C=O) groups is 1. The van der Waals surface area contributed by atoms with Gasteiger partial charge in [-0.15, -0.1) is 0 Å². The number of nitriles is 1. The standard InChI is InChI=1S/C14H16N2O4/c15-7-11-3-1-2-4-12(11)20-8-13(17)16-9-14(18)5-6-19-10-14/h1-4,18H,5-6,8-10H2,(H,16,17). The van der Waals surface area contributed by atoms with Gasteiger partial charge in [0.05, 0.1) is 12.2 Å². The molecule has 6 nitrogen and oxygen atoms in total. The SMILES string of the molecule is N#Cc1ccccc1OCC(=O)NCC1(O)CCOC1. The fourth-order valence-electron chi connectivity index (χ4n) is 1.88. The molecule has 0 aliphatic carbocycles. The first kappa shape index (κ1) is 14.3. The van der Waals surface area contributed by atoms with Crippen LogP contribution < -0.4 is 10.1 Å². The van der Waals surface area contributed by atoms with E-state index in [0.717, 1.165) is 0 Å². The second kappa shape index (κ2) is 6.37. The zero-order valence-corrected chi connectivity index (χ0v) is 11.0. The van der Waals surface area contributed by atoms with Gasteiger partial charge in [-0.05, 0) is 12.1 Å². The average molecular weight is 276 g/mol. The number of hydrogen-bond donors (Lipinski definition) is 2. The molecule has 20 heavy (non-hydrogen) atoms. The Morgan fingerprint density at radius 2 is 2.35 bits per heavy atom. The first-order valence-electron chi connectivity index (χ1n) is 6.32. The third-order valence-electron chi connectivity index (χ3n) is 3.06. The molecule has 106 valence electrons. The van der Waals surface area contributed by atoms with E-state index in [-0.39, 0.29) is 25.7 Å². The van der Waals surface area contributed by atoms with Gasteiger partial charge in [0.25, 0.3) is 5.91 Å². The van der Waals surface area contributed by atoms with Gasteiger partial charge < -0.3 is 19.9 Å². The lowest BCUT2D eigenvalue weighted by molar-refractivity contribution is -0.124. The van der Waals surface area contributed by atoms with E-state index in [1.54, 1.807) is 24.3 Å². The molecule has 1 fully saturated rings. The quantitative estimate of drug-likeness (QED) is 0.802. The van der Waals surface area contributed by atoms with E-state index >= 15 is 0 Å².